The second kappa shape index (κ2) is 8.46. The van der Waals surface area contributed by atoms with E-state index in [9.17, 15) is 14.7 Å². The number of ether oxygens (including phenoxy) is 1. The lowest BCUT2D eigenvalue weighted by Gasteiger charge is -2.18. The van der Waals surface area contributed by atoms with Gasteiger partial charge in [-0.3, -0.25) is 4.79 Å². The highest BCUT2D eigenvalue weighted by molar-refractivity contribution is 6.32. The van der Waals surface area contributed by atoms with Crippen LogP contribution in [0.5, 0.6) is 5.75 Å². The summed E-state index contributed by atoms with van der Waals surface area (Å²) in [5, 5.41) is 13.8. The predicted molar refractivity (Wildman–Crippen MR) is 107 cm³/mol. The number of benzene rings is 2. The van der Waals surface area contributed by atoms with Gasteiger partial charge in [0.1, 0.15) is 11.3 Å². The number of aliphatic hydroxyl groups is 1. The molecular formula is C21H20ClNO5. The second-order valence-corrected chi connectivity index (χ2v) is 6.87. The standard InChI is InChI=1S/C21H20ClNO5/c1-12-8-20(25)28-18-10-19(16(22)9-15(12)18)27-13(2)21(26)23-11-17(24)14-6-4-3-5-7-14/h3-10,13,17,24H,11H2,1-2H3,(H,23,26)/t13-,17+/m1/s1. The van der Waals surface area contributed by atoms with Gasteiger partial charge in [0, 0.05) is 24.1 Å². The Hall–Kier alpha value is -2.83. The van der Waals surface area contributed by atoms with Crippen molar-refractivity contribution in [2.45, 2.75) is 26.1 Å². The topological polar surface area (TPSA) is 88.8 Å². The summed E-state index contributed by atoms with van der Waals surface area (Å²) in [5.41, 5.74) is 1.30. The van der Waals surface area contributed by atoms with Gasteiger partial charge >= 0.3 is 5.63 Å². The summed E-state index contributed by atoms with van der Waals surface area (Å²) in [6, 6.07) is 13.5. The van der Waals surface area contributed by atoms with Crippen molar-refractivity contribution in [1.82, 2.24) is 5.32 Å². The van der Waals surface area contributed by atoms with Gasteiger partial charge in [-0.2, -0.15) is 0 Å². The van der Waals surface area contributed by atoms with Crippen molar-refractivity contribution in [3.63, 3.8) is 0 Å². The summed E-state index contributed by atoms with van der Waals surface area (Å²) in [6.07, 6.45) is -1.69. The molecule has 6 nitrogen and oxygen atoms in total. The van der Waals surface area contributed by atoms with Crippen molar-refractivity contribution in [3.8, 4) is 5.75 Å². The molecule has 1 aromatic heterocycles. The molecule has 0 radical (unpaired) electrons. The highest BCUT2D eigenvalue weighted by Gasteiger charge is 2.19. The molecule has 2 N–H and O–H groups in total. The fourth-order valence-corrected chi connectivity index (χ4v) is 3.00. The molecule has 0 aliphatic carbocycles. The molecule has 0 aliphatic heterocycles. The van der Waals surface area contributed by atoms with Crippen LogP contribution in [0.25, 0.3) is 11.0 Å². The first kappa shape index (κ1) is 19.9. The molecule has 0 saturated heterocycles. The van der Waals surface area contributed by atoms with E-state index in [1.54, 1.807) is 32.0 Å². The van der Waals surface area contributed by atoms with Crippen molar-refractivity contribution >= 4 is 28.5 Å². The van der Waals surface area contributed by atoms with Gasteiger partial charge in [0.2, 0.25) is 0 Å². The largest absolute Gasteiger partial charge is 0.479 e. The Morgan fingerprint density at radius 3 is 2.68 bits per heavy atom. The molecule has 3 aromatic rings. The van der Waals surface area contributed by atoms with Crippen molar-refractivity contribution in [1.29, 1.82) is 0 Å². The molecule has 2 atom stereocenters. The number of carbonyl (C=O) groups is 1. The zero-order valence-electron chi connectivity index (χ0n) is 15.4. The molecule has 7 heteroatoms. The number of hydrogen-bond donors (Lipinski definition) is 2. The highest BCUT2D eigenvalue weighted by atomic mass is 35.5. The minimum absolute atomic E-state index is 0.0517. The first-order valence-corrected chi connectivity index (χ1v) is 9.14. The Morgan fingerprint density at radius 2 is 1.96 bits per heavy atom. The predicted octanol–water partition coefficient (Wildman–Crippen LogP) is 3.37. The van der Waals surface area contributed by atoms with Crippen molar-refractivity contribution in [3.05, 3.63) is 75.1 Å². The van der Waals surface area contributed by atoms with Crippen LogP contribution < -0.4 is 15.7 Å². The maximum Gasteiger partial charge on any atom is 0.336 e. The normalized spacial score (nSPS) is 13.1. The Kier molecular flexibility index (Phi) is 6.02. The highest BCUT2D eigenvalue weighted by Crippen LogP contribution is 2.31. The summed E-state index contributed by atoms with van der Waals surface area (Å²) in [7, 11) is 0. The van der Waals surface area contributed by atoms with Gasteiger partial charge in [-0.15, -0.1) is 0 Å². The molecule has 2 aromatic carbocycles. The van der Waals surface area contributed by atoms with Gasteiger partial charge in [0.05, 0.1) is 11.1 Å². The molecule has 0 fully saturated rings. The van der Waals surface area contributed by atoms with E-state index in [0.29, 0.717) is 21.6 Å². The van der Waals surface area contributed by atoms with E-state index in [2.05, 4.69) is 5.32 Å². The third-order valence-corrected chi connectivity index (χ3v) is 4.63. The number of amides is 1. The van der Waals surface area contributed by atoms with Crippen LogP contribution in [-0.2, 0) is 4.79 Å². The number of aryl methyl sites for hydroxylation is 1. The number of halogens is 1. The minimum Gasteiger partial charge on any atom is -0.479 e. The summed E-state index contributed by atoms with van der Waals surface area (Å²) in [4.78, 5) is 23.9. The maximum atomic E-state index is 12.3. The third kappa shape index (κ3) is 4.52. The van der Waals surface area contributed by atoms with Gasteiger partial charge in [-0.1, -0.05) is 41.9 Å². The number of carbonyl (C=O) groups excluding carboxylic acids is 1. The van der Waals surface area contributed by atoms with Crippen LogP contribution in [-0.4, -0.2) is 23.7 Å². The molecule has 1 amide bonds. The lowest BCUT2D eigenvalue weighted by atomic mass is 10.1. The average Bonchev–Trinajstić information content (AvgIpc) is 2.67. The van der Waals surface area contributed by atoms with Gasteiger partial charge in [-0.25, -0.2) is 4.79 Å². The second-order valence-electron chi connectivity index (χ2n) is 6.46. The summed E-state index contributed by atoms with van der Waals surface area (Å²) < 4.78 is 10.8. The fraction of sp³-hybridized carbons (Fsp3) is 0.238. The minimum atomic E-state index is -0.866. The fourth-order valence-electron chi connectivity index (χ4n) is 2.79. The zero-order valence-corrected chi connectivity index (χ0v) is 16.2. The van der Waals surface area contributed by atoms with E-state index in [1.807, 2.05) is 18.2 Å². The molecule has 0 unspecified atom stereocenters. The molecule has 0 aliphatic rings. The van der Waals surface area contributed by atoms with Crippen LogP contribution in [0.2, 0.25) is 5.02 Å². The molecule has 0 saturated carbocycles. The number of nitrogens with one attached hydrogen (secondary N) is 1. The van der Waals surface area contributed by atoms with E-state index in [-0.39, 0.29) is 12.3 Å². The van der Waals surface area contributed by atoms with E-state index in [0.717, 1.165) is 5.56 Å². The molecular weight excluding hydrogens is 382 g/mol. The lowest BCUT2D eigenvalue weighted by molar-refractivity contribution is -0.127. The van der Waals surface area contributed by atoms with Crippen LogP contribution in [0.15, 0.2) is 57.7 Å². The lowest BCUT2D eigenvalue weighted by Crippen LogP contribution is -2.38. The summed E-state index contributed by atoms with van der Waals surface area (Å²) in [5.74, 6) is -0.175. The SMILES string of the molecule is Cc1cc(=O)oc2cc(O[C@H](C)C(=O)NC[C@H](O)c3ccccc3)c(Cl)cc12. The van der Waals surface area contributed by atoms with Crippen LogP contribution in [0, 0.1) is 6.92 Å². The Balaban J connectivity index is 1.68. The Labute approximate surface area is 166 Å². The molecule has 146 valence electrons. The van der Waals surface area contributed by atoms with Gasteiger partial charge in [-0.05, 0) is 31.0 Å². The van der Waals surface area contributed by atoms with Crippen molar-refractivity contribution in [2.75, 3.05) is 6.54 Å². The number of aliphatic hydroxyl groups excluding tert-OH is 1. The van der Waals surface area contributed by atoms with Crippen LogP contribution in [0.3, 0.4) is 0 Å². The first-order chi connectivity index (χ1) is 13.3. The van der Waals surface area contributed by atoms with E-state index < -0.39 is 23.7 Å². The molecule has 0 bridgehead atoms. The van der Waals surface area contributed by atoms with Gasteiger partial charge in [0.25, 0.3) is 5.91 Å². The zero-order chi connectivity index (χ0) is 20.3. The van der Waals surface area contributed by atoms with Crippen molar-refractivity contribution < 1.29 is 19.1 Å². The Morgan fingerprint density at radius 1 is 1.25 bits per heavy atom. The monoisotopic (exact) mass is 401 g/mol. The molecule has 0 spiro atoms. The smallest absolute Gasteiger partial charge is 0.336 e. The number of hydrogen-bond acceptors (Lipinski definition) is 5. The van der Waals surface area contributed by atoms with Crippen LogP contribution >= 0.6 is 11.6 Å². The first-order valence-electron chi connectivity index (χ1n) is 8.76. The molecule has 28 heavy (non-hydrogen) atoms. The Bertz CT molecular complexity index is 1050. The van der Waals surface area contributed by atoms with E-state index in [4.69, 9.17) is 20.8 Å². The van der Waals surface area contributed by atoms with Crippen LogP contribution in [0.1, 0.15) is 24.2 Å². The van der Waals surface area contributed by atoms with Gasteiger partial charge in [0.15, 0.2) is 6.10 Å². The van der Waals surface area contributed by atoms with Crippen LogP contribution in [0.4, 0.5) is 0 Å². The number of fused-ring (bicyclic) bond motifs is 1. The van der Waals surface area contributed by atoms with Gasteiger partial charge < -0.3 is 19.6 Å². The molecule has 3 rings (SSSR count). The third-order valence-electron chi connectivity index (χ3n) is 4.33. The quantitative estimate of drug-likeness (QED) is 0.618. The van der Waals surface area contributed by atoms with E-state index in [1.165, 1.54) is 12.1 Å². The average molecular weight is 402 g/mol. The van der Waals surface area contributed by atoms with Crippen molar-refractivity contribution in [2.24, 2.45) is 0 Å². The summed E-state index contributed by atoms with van der Waals surface area (Å²) in [6.45, 7) is 3.40. The maximum absolute atomic E-state index is 12.3. The molecule has 1 heterocycles. The number of rotatable bonds is 6. The summed E-state index contributed by atoms with van der Waals surface area (Å²) >= 11 is 6.25. The van der Waals surface area contributed by atoms with E-state index >= 15 is 0 Å².